The second-order valence-corrected chi connectivity index (χ2v) is 8.66. The molecular formula is C23H29N7O. The number of piperazine rings is 1. The van der Waals surface area contributed by atoms with Crippen molar-refractivity contribution < 1.29 is 4.79 Å². The molecule has 3 aromatic rings. The van der Waals surface area contributed by atoms with Crippen LogP contribution in [0.4, 0.5) is 0 Å². The van der Waals surface area contributed by atoms with Gasteiger partial charge in [0.15, 0.2) is 11.3 Å². The Morgan fingerprint density at radius 3 is 2.45 bits per heavy atom. The van der Waals surface area contributed by atoms with E-state index in [4.69, 9.17) is 0 Å². The number of fused-ring (bicyclic) bond motifs is 1. The Labute approximate surface area is 182 Å². The lowest BCUT2D eigenvalue weighted by molar-refractivity contribution is 0.0660. The topological polar surface area (TPSA) is 69.9 Å². The van der Waals surface area contributed by atoms with Gasteiger partial charge in [0.05, 0.1) is 0 Å². The third-order valence-electron chi connectivity index (χ3n) is 6.62. The maximum atomic E-state index is 13.1. The van der Waals surface area contributed by atoms with Crippen LogP contribution in [-0.2, 0) is 6.54 Å². The molecule has 1 amide bonds. The molecule has 0 atom stereocenters. The zero-order valence-corrected chi connectivity index (χ0v) is 18.0. The number of hydrogen-bond acceptors (Lipinski definition) is 6. The molecular weight excluding hydrogens is 390 g/mol. The number of carbonyl (C=O) groups is 1. The Morgan fingerprint density at radius 1 is 0.968 bits per heavy atom. The highest BCUT2D eigenvalue weighted by Gasteiger charge is 2.27. The number of amides is 1. The number of likely N-dealkylation sites (N-methyl/N-ethyl adjacent to an activating group) is 1. The van der Waals surface area contributed by atoms with E-state index >= 15 is 0 Å². The van der Waals surface area contributed by atoms with Gasteiger partial charge >= 0.3 is 0 Å². The smallest absolute Gasteiger partial charge is 0.276 e. The van der Waals surface area contributed by atoms with Gasteiger partial charge in [-0.1, -0.05) is 0 Å². The third-order valence-corrected chi connectivity index (χ3v) is 6.62. The number of imidazole rings is 1. The van der Waals surface area contributed by atoms with Crippen LogP contribution < -0.4 is 0 Å². The van der Waals surface area contributed by atoms with Gasteiger partial charge in [-0.3, -0.25) is 19.1 Å². The van der Waals surface area contributed by atoms with Gasteiger partial charge in [0.1, 0.15) is 6.33 Å². The second kappa shape index (κ2) is 8.72. The van der Waals surface area contributed by atoms with Gasteiger partial charge in [0.2, 0.25) is 0 Å². The van der Waals surface area contributed by atoms with Crippen molar-refractivity contribution in [1.29, 1.82) is 0 Å². The van der Waals surface area contributed by atoms with Gasteiger partial charge in [0.25, 0.3) is 5.91 Å². The first-order chi connectivity index (χ1) is 15.2. The highest BCUT2D eigenvalue weighted by atomic mass is 16.2. The molecule has 0 N–H and O–H groups in total. The highest BCUT2D eigenvalue weighted by molar-refractivity contribution is 5.98. The van der Waals surface area contributed by atoms with Crippen LogP contribution in [0.5, 0.6) is 0 Å². The van der Waals surface area contributed by atoms with E-state index in [2.05, 4.69) is 50.0 Å². The number of rotatable bonds is 4. The van der Waals surface area contributed by atoms with E-state index in [1.165, 1.54) is 11.3 Å². The Morgan fingerprint density at radius 2 is 1.71 bits per heavy atom. The molecule has 0 spiro atoms. The molecule has 0 aromatic carbocycles. The molecule has 2 aliphatic heterocycles. The normalized spacial score (nSPS) is 19.2. The molecule has 3 aromatic heterocycles. The molecule has 2 aliphatic rings. The van der Waals surface area contributed by atoms with Crippen molar-refractivity contribution in [2.45, 2.75) is 25.3 Å². The summed E-state index contributed by atoms with van der Waals surface area (Å²) in [6.45, 7) is 6.35. The summed E-state index contributed by atoms with van der Waals surface area (Å²) in [6, 6.07) is 6.26. The lowest BCUT2D eigenvalue weighted by Gasteiger charge is -2.32. The van der Waals surface area contributed by atoms with E-state index in [-0.39, 0.29) is 5.91 Å². The van der Waals surface area contributed by atoms with Crippen LogP contribution in [-0.4, -0.2) is 86.3 Å². The molecule has 0 unspecified atom stereocenters. The van der Waals surface area contributed by atoms with Gasteiger partial charge in [-0.25, -0.2) is 9.97 Å². The van der Waals surface area contributed by atoms with E-state index in [0.29, 0.717) is 17.3 Å². The summed E-state index contributed by atoms with van der Waals surface area (Å²) in [4.78, 5) is 32.8. The molecule has 0 bridgehead atoms. The monoisotopic (exact) mass is 419 g/mol. The van der Waals surface area contributed by atoms with E-state index in [1.54, 1.807) is 6.33 Å². The number of aromatic nitrogens is 4. The molecule has 0 radical (unpaired) electrons. The van der Waals surface area contributed by atoms with Crippen molar-refractivity contribution in [1.82, 2.24) is 34.1 Å². The van der Waals surface area contributed by atoms with Crippen molar-refractivity contribution in [3.05, 3.63) is 60.1 Å². The van der Waals surface area contributed by atoms with Gasteiger partial charge < -0.3 is 9.80 Å². The molecule has 162 valence electrons. The maximum Gasteiger partial charge on any atom is 0.276 e. The van der Waals surface area contributed by atoms with Crippen LogP contribution in [0.1, 0.15) is 40.5 Å². The summed E-state index contributed by atoms with van der Waals surface area (Å²) in [5.74, 6) is 0.437. The Bertz CT molecular complexity index is 1030. The zero-order chi connectivity index (χ0) is 21.2. The Balaban J connectivity index is 1.30. The molecule has 31 heavy (non-hydrogen) atoms. The average molecular weight is 420 g/mol. The number of pyridine rings is 1. The number of likely N-dealkylation sites (tertiary alicyclic amines) is 1. The minimum atomic E-state index is -0.00702. The fourth-order valence-electron chi connectivity index (χ4n) is 4.70. The minimum Gasteiger partial charge on any atom is -0.335 e. The van der Waals surface area contributed by atoms with E-state index < -0.39 is 0 Å². The summed E-state index contributed by atoms with van der Waals surface area (Å²) >= 11 is 0. The van der Waals surface area contributed by atoms with Gasteiger partial charge in [-0.15, -0.1) is 0 Å². The third kappa shape index (κ3) is 4.18. The summed E-state index contributed by atoms with van der Waals surface area (Å²) < 4.78 is 2.03. The maximum absolute atomic E-state index is 13.1. The van der Waals surface area contributed by atoms with Crippen LogP contribution in [0, 0.1) is 0 Å². The standard InChI is InChI=1S/C23H29N7O/c1-27-12-14-29(15-13-27)23(31)21-22-25-9-4-20(30(22)17-26-21)19-5-10-28(11-6-19)16-18-2-7-24-8-3-18/h2-4,7-9,17,19H,5-6,10-16H2,1H3. The van der Waals surface area contributed by atoms with Crippen LogP contribution in [0.25, 0.3) is 5.65 Å². The minimum absolute atomic E-state index is 0.00702. The average Bonchev–Trinajstić information content (AvgIpc) is 3.25. The Kier molecular flexibility index (Phi) is 5.65. The predicted molar refractivity (Wildman–Crippen MR) is 118 cm³/mol. The van der Waals surface area contributed by atoms with E-state index in [9.17, 15) is 4.79 Å². The summed E-state index contributed by atoms with van der Waals surface area (Å²) in [7, 11) is 2.09. The van der Waals surface area contributed by atoms with Crippen molar-refractivity contribution >= 4 is 11.6 Å². The quantitative estimate of drug-likeness (QED) is 0.643. The van der Waals surface area contributed by atoms with Gasteiger partial charge in [0, 0.05) is 62.9 Å². The molecule has 2 saturated heterocycles. The SMILES string of the molecule is CN1CCN(C(=O)c2ncn3c(C4CCN(Cc5ccncc5)CC4)ccnc23)CC1. The van der Waals surface area contributed by atoms with Crippen molar-refractivity contribution in [3.8, 4) is 0 Å². The molecule has 8 nitrogen and oxygen atoms in total. The predicted octanol–water partition coefficient (Wildman–Crippen LogP) is 1.89. The van der Waals surface area contributed by atoms with Crippen molar-refractivity contribution in [2.24, 2.45) is 0 Å². The van der Waals surface area contributed by atoms with Gasteiger partial charge in [-0.05, 0) is 56.7 Å². The molecule has 0 saturated carbocycles. The first-order valence-electron chi connectivity index (χ1n) is 11.1. The van der Waals surface area contributed by atoms with Crippen LogP contribution in [0.3, 0.4) is 0 Å². The van der Waals surface area contributed by atoms with Crippen molar-refractivity contribution in [2.75, 3.05) is 46.3 Å². The molecule has 2 fully saturated rings. The first-order valence-corrected chi connectivity index (χ1v) is 11.1. The van der Waals surface area contributed by atoms with Gasteiger partial charge in [-0.2, -0.15) is 0 Å². The van der Waals surface area contributed by atoms with Crippen LogP contribution in [0.2, 0.25) is 0 Å². The molecule has 0 aliphatic carbocycles. The van der Waals surface area contributed by atoms with Crippen LogP contribution in [0.15, 0.2) is 43.1 Å². The highest BCUT2D eigenvalue weighted by Crippen LogP contribution is 2.29. The summed E-state index contributed by atoms with van der Waals surface area (Å²) in [5.41, 5.74) is 3.67. The zero-order valence-electron chi connectivity index (χ0n) is 18.0. The largest absolute Gasteiger partial charge is 0.335 e. The number of piperidine rings is 1. The van der Waals surface area contributed by atoms with Crippen molar-refractivity contribution in [3.63, 3.8) is 0 Å². The number of carbonyl (C=O) groups excluding carboxylic acids is 1. The molecule has 5 heterocycles. The molecule has 5 rings (SSSR count). The second-order valence-electron chi connectivity index (χ2n) is 8.66. The fraction of sp³-hybridized carbons (Fsp3) is 0.478. The lowest BCUT2D eigenvalue weighted by atomic mass is 9.93. The van der Waals surface area contributed by atoms with E-state index in [0.717, 1.165) is 58.7 Å². The number of hydrogen-bond donors (Lipinski definition) is 0. The molecule has 8 heteroatoms. The fourth-order valence-corrected chi connectivity index (χ4v) is 4.70. The first kappa shape index (κ1) is 20.1. The number of nitrogens with zero attached hydrogens (tertiary/aromatic N) is 7. The summed E-state index contributed by atoms with van der Waals surface area (Å²) in [5, 5.41) is 0. The van der Waals surface area contributed by atoms with E-state index in [1.807, 2.05) is 27.9 Å². The summed E-state index contributed by atoms with van der Waals surface area (Å²) in [6.07, 6.45) is 9.50. The lowest BCUT2D eigenvalue weighted by Crippen LogP contribution is -2.47. The van der Waals surface area contributed by atoms with Crippen LogP contribution >= 0.6 is 0 Å². The Hall–Kier alpha value is -2.84.